The van der Waals surface area contributed by atoms with Crippen LogP contribution in [0, 0.1) is 0 Å². The molecule has 10 rings (SSSR count). The van der Waals surface area contributed by atoms with E-state index in [9.17, 15) is 0 Å². The van der Waals surface area contributed by atoms with Gasteiger partial charge in [0.2, 0.25) is 0 Å². The maximum absolute atomic E-state index is 6.81. The van der Waals surface area contributed by atoms with Gasteiger partial charge < -0.3 is 4.42 Å². The van der Waals surface area contributed by atoms with E-state index >= 15 is 0 Å². The normalized spacial score (nSPS) is 11.9. The lowest BCUT2D eigenvalue weighted by Gasteiger charge is -2.15. The summed E-state index contributed by atoms with van der Waals surface area (Å²) in [5.74, 6) is 0. The lowest BCUT2D eigenvalue weighted by atomic mass is 9.87. The van der Waals surface area contributed by atoms with Gasteiger partial charge in [-0.2, -0.15) is 0 Å². The molecule has 0 aliphatic rings. The monoisotopic (exact) mass is 602 g/mol. The van der Waals surface area contributed by atoms with Crippen molar-refractivity contribution in [2.75, 3.05) is 0 Å². The van der Waals surface area contributed by atoms with Crippen molar-refractivity contribution in [3.63, 3.8) is 0 Å². The van der Waals surface area contributed by atoms with Crippen LogP contribution >= 0.6 is 11.3 Å². The van der Waals surface area contributed by atoms with Gasteiger partial charge in [-0.05, 0) is 68.1 Å². The minimum absolute atomic E-state index is 0.908. The van der Waals surface area contributed by atoms with Crippen molar-refractivity contribution >= 4 is 75.0 Å². The summed E-state index contributed by atoms with van der Waals surface area (Å²) >= 11 is 1.86. The second-order valence-corrected chi connectivity index (χ2v) is 13.1. The molecule has 214 valence electrons. The number of fused-ring (bicyclic) bond motifs is 8. The Morgan fingerprint density at radius 3 is 1.83 bits per heavy atom. The van der Waals surface area contributed by atoms with Crippen molar-refractivity contribution in [2.24, 2.45) is 0 Å². The summed E-state index contributed by atoms with van der Waals surface area (Å²) in [6, 6.07) is 57.2. The minimum Gasteiger partial charge on any atom is -0.455 e. The van der Waals surface area contributed by atoms with Crippen LogP contribution in [-0.4, -0.2) is 0 Å². The number of rotatable bonds is 3. The molecule has 2 aromatic heterocycles. The molecule has 0 spiro atoms. The van der Waals surface area contributed by atoms with Gasteiger partial charge in [0.25, 0.3) is 0 Å². The number of hydrogen-bond acceptors (Lipinski definition) is 2. The predicted molar refractivity (Wildman–Crippen MR) is 198 cm³/mol. The highest BCUT2D eigenvalue weighted by atomic mass is 32.1. The fourth-order valence-electron chi connectivity index (χ4n) is 7.31. The van der Waals surface area contributed by atoms with Gasteiger partial charge in [0.05, 0.1) is 0 Å². The van der Waals surface area contributed by atoms with Crippen LogP contribution in [0.1, 0.15) is 0 Å². The first kappa shape index (κ1) is 25.6. The molecular weight excluding hydrogens is 577 g/mol. The van der Waals surface area contributed by atoms with E-state index < -0.39 is 0 Å². The highest BCUT2D eigenvalue weighted by Crippen LogP contribution is 2.48. The molecule has 0 fully saturated rings. The second-order valence-electron chi connectivity index (χ2n) is 12.0. The predicted octanol–water partition coefficient (Wildman–Crippen LogP) is 13.3. The topological polar surface area (TPSA) is 13.1 Å². The molecule has 0 N–H and O–H groups in total. The van der Waals surface area contributed by atoms with Gasteiger partial charge in [-0.25, -0.2) is 0 Å². The molecule has 10 aromatic rings. The first-order valence-electron chi connectivity index (χ1n) is 15.7. The summed E-state index contributed by atoms with van der Waals surface area (Å²) in [5, 5.41) is 9.88. The molecule has 0 bridgehead atoms. The van der Waals surface area contributed by atoms with Crippen molar-refractivity contribution in [3.05, 3.63) is 158 Å². The molecule has 8 aromatic carbocycles. The third kappa shape index (κ3) is 3.81. The van der Waals surface area contributed by atoms with Crippen molar-refractivity contribution < 1.29 is 4.42 Å². The van der Waals surface area contributed by atoms with Crippen molar-refractivity contribution in [1.82, 2.24) is 0 Å². The Morgan fingerprint density at radius 1 is 0.370 bits per heavy atom. The van der Waals surface area contributed by atoms with Crippen LogP contribution in [0.2, 0.25) is 0 Å². The molecule has 1 nitrogen and oxygen atoms in total. The molecule has 0 aliphatic heterocycles. The molecule has 0 atom stereocenters. The van der Waals surface area contributed by atoms with Gasteiger partial charge in [-0.1, -0.05) is 133 Å². The quantitative estimate of drug-likeness (QED) is 0.196. The maximum Gasteiger partial charge on any atom is 0.144 e. The number of para-hydroxylation sites is 1. The van der Waals surface area contributed by atoms with Crippen LogP contribution in [0.3, 0.4) is 0 Å². The van der Waals surface area contributed by atoms with Crippen LogP contribution in [-0.2, 0) is 0 Å². The highest BCUT2D eigenvalue weighted by molar-refractivity contribution is 7.25. The smallest absolute Gasteiger partial charge is 0.144 e. The molecule has 2 heterocycles. The summed E-state index contributed by atoms with van der Waals surface area (Å²) in [4.78, 5) is 0. The fourth-order valence-corrected chi connectivity index (χ4v) is 8.46. The van der Waals surface area contributed by atoms with E-state index in [1.54, 1.807) is 0 Å². The van der Waals surface area contributed by atoms with Crippen LogP contribution in [0.15, 0.2) is 162 Å². The van der Waals surface area contributed by atoms with Crippen LogP contribution < -0.4 is 0 Å². The lowest BCUT2D eigenvalue weighted by Crippen LogP contribution is -1.89. The van der Waals surface area contributed by atoms with Crippen molar-refractivity contribution in [1.29, 1.82) is 0 Å². The van der Waals surface area contributed by atoms with Crippen molar-refractivity contribution in [3.8, 4) is 33.4 Å². The van der Waals surface area contributed by atoms with E-state index in [2.05, 4.69) is 158 Å². The Morgan fingerprint density at radius 2 is 0.978 bits per heavy atom. The second kappa shape index (κ2) is 9.90. The molecule has 0 aliphatic carbocycles. The van der Waals surface area contributed by atoms with Gasteiger partial charge in [-0.15, -0.1) is 11.3 Å². The molecule has 0 radical (unpaired) electrons. The third-order valence-electron chi connectivity index (χ3n) is 9.46. The highest BCUT2D eigenvalue weighted by Gasteiger charge is 2.22. The Kier molecular flexibility index (Phi) is 5.51. The number of benzene rings is 8. The third-order valence-corrected chi connectivity index (χ3v) is 10.6. The van der Waals surface area contributed by atoms with Crippen molar-refractivity contribution in [2.45, 2.75) is 0 Å². The van der Waals surface area contributed by atoms with E-state index in [0.29, 0.717) is 0 Å². The average Bonchev–Trinajstić information content (AvgIpc) is 3.68. The average molecular weight is 603 g/mol. The van der Waals surface area contributed by atoms with E-state index in [4.69, 9.17) is 4.42 Å². The van der Waals surface area contributed by atoms with Crippen LogP contribution in [0.5, 0.6) is 0 Å². The Balaban J connectivity index is 1.23. The van der Waals surface area contributed by atoms with Gasteiger partial charge in [0.1, 0.15) is 11.2 Å². The van der Waals surface area contributed by atoms with Gasteiger partial charge in [-0.3, -0.25) is 0 Å². The first-order chi connectivity index (χ1) is 22.8. The summed E-state index contributed by atoms with van der Waals surface area (Å²) in [7, 11) is 0. The van der Waals surface area contributed by atoms with Gasteiger partial charge in [0, 0.05) is 42.1 Å². The maximum atomic E-state index is 6.81. The zero-order chi connectivity index (χ0) is 30.2. The zero-order valence-corrected chi connectivity index (χ0v) is 25.6. The molecular formula is C44H26OS. The first-order valence-corrected chi connectivity index (χ1v) is 16.5. The Bertz CT molecular complexity index is 2800. The largest absolute Gasteiger partial charge is 0.455 e. The van der Waals surface area contributed by atoms with E-state index in [-0.39, 0.29) is 0 Å². The Hall–Kier alpha value is -5.70. The number of furan rings is 1. The minimum atomic E-state index is 0.908. The summed E-state index contributed by atoms with van der Waals surface area (Å²) in [6.07, 6.45) is 0. The molecule has 0 amide bonds. The SMILES string of the molecule is c1ccc2cc(-c3ccc(-c4c5ccccc5c(-c5ccc6c(c5)sc5ccccc56)c5c4oc4ccccc45)cc3)ccc2c1. The summed E-state index contributed by atoms with van der Waals surface area (Å²) in [5.41, 5.74) is 8.99. The van der Waals surface area contributed by atoms with E-state index in [1.165, 1.54) is 69.4 Å². The fraction of sp³-hybridized carbons (Fsp3) is 0. The number of hydrogen-bond donors (Lipinski definition) is 0. The molecule has 0 saturated carbocycles. The summed E-state index contributed by atoms with van der Waals surface area (Å²) in [6.45, 7) is 0. The van der Waals surface area contributed by atoms with E-state index in [0.717, 1.165) is 27.7 Å². The molecule has 2 heteroatoms. The van der Waals surface area contributed by atoms with Gasteiger partial charge >= 0.3 is 0 Å². The summed E-state index contributed by atoms with van der Waals surface area (Å²) < 4.78 is 9.43. The molecule has 46 heavy (non-hydrogen) atoms. The van der Waals surface area contributed by atoms with Crippen LogP contribution in [0.4, 0.5) is 0 Å². The molecule has 0 saturated heterocycles. The lowest BCUT2D eigenvalue weighted by molar-refractivity contribution is 0.670. The number of thiophene rings is 1. The Labute approximate surface area is 269 Å². The van der Waals surface area contributed by atoms with Gasteiger partial charge in [0.15, 0.2) is 0 Å². The van der Waals surface area contributed by atoms with E-state index in [1.807, 2.05) is 11.3 Å². The molecule has 0 unspecified atom stereocenters. The van der Waals surface area contributed by atoms with Crippen LogP contribution in [0.25, 0.3) is 97.0 Å². The zero-order valence-electron chi connectivity index (χ0n) is 24.8. The standard InChI is InChI=1S/C44H26OS/c1-2-10-30-25-31(22-19-27(30)9-1)28-17-20-29(21-18-28)42-36-13-4-3-12-35(36)41(43-37-14-5-7-15-38(37)45-44(42)43)32-23-24-34-33-11-6-8-16-39(33)46-40(34)26-32/h1-26H.